The standard InChI is InChI=1S/C22H25N3O3S/c1-5-14(2)25-21(27)18-11-6-7-12-19(18)24-22(25)29-15(3)20(26)23-16-9-8-10-17(13-16)28-4/h6-15H,5H2,1-4H3,(H,23,26)/t14-,15-/m1/s1. The summed E-state index contributed by atoms with van der Waals surface area (Å²) in [6.45, 7) is 5.82. The minimum atomic E-state index is -0.440. The van der Waals surface area contributed by atoms with Crippen LogP contribution in [0.5, 0.6) is 5.75 Å². The van der Waals surface area contributed by atoms with E-state index in [1.165, 1.54) is 11.8 Å². The van der Waals surface area contributed by atoms with Crippen molar-refractivity contribution >= 4 is 34.3 Å². The van der Waals surface area contributed by atoms with E-state index in [1.54, 1.807) is 29.9 Å². The fourth-order valence-electron chi connectivity index (χ4n) is 2.94. The first kappa shape index (κ1) is 20.9. The zero-order valence-corrected chi connectivity index (χ0v) is 17.8. The molecule has 0 unspecified atom stereocenters. The summed E-state index contributed by atoms with van der Waals surface area (Å²) in [7, 11) is 1.58. The van der Waals surface area contributed by atoms with Gasteiger partial charge in [0.05, 0.1) is 23.3 Å². The van der Waals surface area contributed by atoms with Crippen molar-refractivity contribution in [3.63, 3.8) is 0 Å². The largest absolute Gasteiger partial charge is 0.497 e. The lowest BCUT2D eigenvalue weighted by atomic mass is 10.2. The van der Waals surface area contributed by atoms with Crippen LogP contribution in [-0.4, -0.2) is 27.8 Å². The zero-order valence-electron chi connectivity index (χ0n) is 17.0. The van der Waals surface area contributed by atoms with Gasteiger partial charge in [-0.1, -0.05) is 36.9 Å². The van der Waals surface area contributed by atoms with Gasteiger partial charge in [0.1, 0.15) is 5.75 Å². The molecule has 2 aromatic carbocycles. The molecule has 6 nitrogen and oxygen atoms in total. The fourth-order valence-corrected chi connectivity index (χ4v) is 3.95. The highest BCUT2D eigenvalue weighted by Crippen LogP contribution is 2.27. The summed E-state index contributed by atoms with van der Waals surface area (Å²) in [4.78, 5) is 30.5. The third kappa shape index (κ3) is 4.62. The number of nitrogens with one attached hydrogen (secondary N) is 1. The number of hydrogen-bond acceptors (Lipinski definition) is 5. The molecule has 0 radical (unpaired) electrons. The number of benzene rings is 2. The van der Waals surface area contributed by atoms with Gasteiger partial charge in [-0.2, -0.15) is 0 Å². The smallest absolute Gasteiger partial charge is 0.262 e. The van der Waals surface area contributed by atoms with Crippen LogP contribution >= 0.6 is 11.8 Å². The van der Waals surface area contributed by atoms with Gasteiger partial charge in [0.25, 0.3) is 5.56 Å². The Hall–Kier alpha value is -2.80. The predicted octanol–water partition coefficient (Wildman–Crippen LogP) is 4.50. The van der Waals surface area contributed by atoms with Crippen LogP contribution in [0.25, 0.3) is 10.9 Å². The minimum absolute atomic E-state index is 0.0178. The van der Waals surface area contributed by atoms with E-state index in [0.717, 1.165) is 6.42 Å². The van der Waals surface area contributed by atoms with Crippen molar-refractivity contribution in [2.75, 3.05) is 12.4 Å². The van der Waals surface area contributed by atoms with Crippen LogP contribution in [-0.2, 0) is 4.79 Å². The number of para-hydroxylation sites is 1. The molecule has 3 aromatic rings. The lowest BCUT2D eigenvalue weighted by molar-refractivity contribution is -0.115. The summed E-state index contributed by atoms with van der Waals surface area (Å²) in [5.41, 5.74) is 1.22. The first-order chi connectivity index (χ1) is 13.9. The van der Waals surface area contributed by atoms with Gasteiger partial charge in [0.15, 0.2) is 5.16 Å². The third-order valence-corrected chi connectivity index (χ3v) is 5.86. The van der Waals surface area contributed by atoms with Crippen molar-refractivity contribution in [1.82, 2.24) is 9.55 Å². The first-order valence-corrected chi connectivity index (χ1v) is 10.5. The molecule has 0 spiro atoms. The molecule has 29 heavy (non-hydrogen) atoms. The summed E-state index contributed by atoms with van der Waals surface area (Å²) in [5.74, 6) is 0.506. The van der Waals surface area contributed by atoms with E-state index >= 15 is 0 Å². The minimum Gasteiger partial charge on any atom is -0.497 e. The fraction of sp³-hybridized carbons (Fsp3) is 0.318. The number of aromatic nitrogens is 2. The zero-order chi connectivity index (χ0) is 21.0. The Labute approximate surface area is 174 Å². The first-order valence-electron chi connectivity index (χ1n) is 9.57. The van der Waals surface area contributed by atoms with Gasteiger partial charge in [-0.05, 0) is 44.5 Å². The number of amides is 1. The van der Waals surface area contributed by atoms with E-state index in [9.17, 15) is 9.59 Å². The number of fused-ring (bicyclic) bond motifs is 1. The highest BCUT2D eigenvalue weighted by atomic mass is 32.2. The molecule has 0 aliphatic carbocycles. The second kappa shape index (κ2) is 9.13. The Morgan fingerprint density at radius 1 is 1.21 bits per heavy atom. The molecule has 0 aliphatic heterocycles. The number of thioether (sulfide) groups is 1. The molecule has 1 N–H and O–H groups in total. The molecule has 2 atom stereocenters. The third-order valence-electron chi connectivity index (χ3n) is 4.80. The van der Waals surface area contributed by atoms with Gasteiger partial charge in [-0.15, -0.1) is 0 Å². The van der Waals surface area contributed by atoms with E-state index in [1.807, 2.05) is 51.1 Å². The van der Waals surface area contributed by atoms with Gasteiger partial charge < -0.3 is 10.1 Å². The monoisotopic (exact) mass is 411 g/mol. The summed E-state index contributed by atoms with van der Waals surface area (Å²) in [5, 5.41) is 3.60. The molecule has 1 amide bonds. The van der Waals surface area contributed by atoms with Crippen molar-refractivity contribution in [2.24, 2.45) is 0 Å². The van der Waals surface area contributed by atoms with E-state index < -0.39 is 5.25 Å². The predicted molar refractivity (Wildman–Crippen MR) is 118 cm³/mol. The molecule has 0 fully saturated rings. The van der Waals surface area contributed by atoms with Crippen LogP contribution in [0.2, 0.25) is 0 Å². The summed E-state index contributed by atoms with van der Waals surface area (Å²) in [6.07, 6.45) is 0.790. The molecule has 0 bridgehead atoms. The van der Waals surface area contributed by atoms with Crippen molar-refractivity contribution in [1.29, 1.82) is 0 Å². The quantitative estimate of drug-likeness (QED) is 0.458. The maximum atomic E-state index is 13.1. The van der Waals surface area contributed by atoms with E-state index in [-0.39, 0.29) is 17.5 Å². The van der Waals surface area contributed by atoms with Crippen molar-refractivity contribution in [2.45, 2.75) is 43.6 Å². The molecule has 1 heterocycles. The number of methoxy groups -OCH3 is 1. The maximum absolute atomic E-state index is 13.1. The Kier molecular flexibility index (Phi) is 6.59. The highest BCUT2D eigenvalue weighted by molar-refractivity contribution is 8.00. The number of nitrogens with zero attached hydrogens (tertiary/aromatic N) is 2. The topological polar surface area (TPSA) is 73.2 Å². The van der Waals surface area contributed by atoms with E-state index in [4.69, 9.17) is 4.74 Å². The number of ether oxygens (including phenoxy) is 1. The highest BCUT2D eigenvalue weighted by Gasteiger charge is 2.21. The van der Waals surface area contributed by atoms with Crippen molar-refractivity contribution < 1.29 is 9.53 Å². The van der Waals surface area contributed by atoms with Crippen molar-refractivity contribution in [3.05, 3.63) is 58.9 Å². The lowest BCUT2D eigenvalue weighted by Gasteiger charge is -2.20. The second-order valence-corrected chi connectivity index (χ2v) is 8.13. The van der Waals surface area contributed by atoms with Gasteiger partial charge in [-0.25, -0.2) is 4.98 Å². The number of carbonyl (C=O) groups is 1. The molecular formula is C22H25N3O3S. The van der Waals surface area contributed by atoms with Crippen LogP contribution in [0.15, 0.2) is 58.5 Å². The van der Waals surface area contributed by atoms with Crippen LogP contribution in [0.3, 0.4) is 0 Å². The average molecular weight is 412 g/mol. The van der Waals surface area contributed by atoms with Gasteiger partial charge in [0, 0.05) is 17.8 Å². The SMILES string of the molecule is CC[C@@H](C)n1c(S[C@H](C)C(=O)Nc2cccc(OC)c2)nc2ccccc2c1=O. The lowest BCUT2D eigenvalue weighted by Crippen LogP contribution is -2.28. The number of anilines is 1. The van der Waals surface area contributed by atoms with E-state index in [2.05, 4.69) is 10.3 Å². The Balaban J connectivity index is 1.89. The Morgan fingerprint density at radius 3 is 2.69 bits per heavy atom. The Morgan fingerprint density at radius 2 is 1.97 bits per heavy atom. The molecule has 0 saturated carbocycles. The second-order valence-electron chi connectivity index (χ2n) is 6.83. The van der Waals surface area contributed by atoms with Crippen LogP contribution in [0.4, 0.5) is 5.69 Å². The number of carbonyl (C=O) groups excluding carboxylic acids is 1. The van der Waals surface area contributed by atoms with Gasteiger partial charge >= 0.3 is 0 Å². The molecule has 7 heteroatoms. The summed E-state index contributed by atoms with van der Waals surface area (Å²) >= 11 is 1.29. The molecular weight excluding hydrogens is 386 g/mol. The number of hydrogen-bond donors (Lipinski definition) is 1. The molecule has 3 rings (SSSR count). The maximum Gasteiger partial charge on any atom is 0.262 e. The Bertz CT molecular complexity index is 1080. The van der Waals surface area contributed by atoms with Gasteiger partial charge in [-0.3, -0.25) is 14.2 Å². The summed E-state index contributed by atoms with van der Waals surface area (Å²) in [6, 6.07) is 14.5. The normalized spacial score (nSPS) is 13.1. The van der Waals surface area contributed by atoms with Crippen LogP contribution in [0, 0.1) is 0 Å². The van der Waals surface area contributed by atoms with Gasteiger partial charge in [0.2, 0.25) is 5.91 Å². The van der Waals surface area contributed by atoms with E-state index in [0.29, 0.717) is 27.5 Å². The molecule has 152 valence electrons. The van der Waals surface area contributed by atoms with Crippen LogP contribution in [0.1, 0.15) is 33.2 Å². The summed E-state index contributed by atoms with van der Waals surface area (Å²) < 4.78 is 6.89. The van der Waals surface area contributed by atoms with Crippen LogP contribution < -0.4 is 15.6 Å². The molecule has 1 aromatic heterocycles. The average Bonchev–Trinajstić information content (AvgIpc) is 2.73. The van der Waals surface area contributed by atoms with Crippen molar-refractivity contribution in [3.8, 4) is 5.75 Å². The molecule has 0 aliphatic rings. The number of rotatable bonds is 7. The molecule has 0 saturated heterocycles.